The van der Waals surface area contributed by atoms with Crippen LogP contribution < -0.4 is 5.32 Å². The molecule has 1 heterocycles. The first kappa shape index (κ1) is 64.1. The lowest BCUT2D eigenvalue weighted by atomic mass is 9.99. The summed E-state index contributed by atoms with van der Waals surface area (Å²) in [5.74, 6) is -0.673. The van der Waals surface area contributed by atoms with Crippen molar-refractivity contribution < 1.29 is 57.0 Å². The zero-order valence-corrected chi connectivity index (χ0v) is 43.7. The van der Waals surface area contributed by atoms with E-state index in [4.69, 9.17) is 14.0 Å². The van der Waals surface area contributed by atoms with Gasteiger partial charge in [0.05, 0.1) is 25.4 Å². The van der Waals surface area contributed by atoms with Crippen LogP contribution in [0.25, 0.3) is 0 Å². The number of hydrogen-bond donors (Lipinski definition) is 7. The Hall–Kier alpha value is -0.940. The second-order valence-corrected chi connectivity index (χ2v) is 21.1. The number of rotatable bonds is 49. The number of nitrogens with one attached hydrogen (secondary N) is 1. The average Bonchev–Trinajstić information content (AvgIpc) is 3.30. The molecule has 1 rings (SSSR count). The van der Waals surface area contributed by atoms with Gasteiger partial charge in [-0.1, -0.05) is 258 Å². The van der Waals surface area contributed by atoms with Gasteiger partial charge in [-0.15, -0.1) is 0 Å². The first-order valence-corrected chi connectivity index (χ1v) is 29.4. The minimum absolute atomic E-state index is 0.265. The van der Waals surface area contributed by atoms with Crippen molar-refractivity contribution in [2.75, 3.05) is 13.2 Å². The third kappa shape index (κ3) is 35.8. The fraction of sp³-hybridized carbons (Fsp3) is 0.981. The lowest BCUT2D eigenvalue weighted by Crippen LogP contribution is -2.61. The monoisotopic (exact) mass is 980 g/mol. The van der Waals surface area contributed by atoms with E-state index < -0.39 is 78.5 Å². The van der Waals surface area contributed by atoms with Crippen LogP contribution in [0.1, 0.15) is 271 Å². The Bertz CT molecular complexity index is 1210. The Morgan fingerprint density at radius 1 is 0.537 bits per heavy atom. The Kier molecular flexibility index (Phi) is 41.9. The number of carbonyl (C=O) groups is 1. The summed E-state index contributed by atoms with van der Waals surface area (Å²) in [6.45, 7) is 3.15. The average molecular weight is 980 g/mol. The number of unbranched alkanes of at least 4 members (excludes halogenated alkanes) is 36. The van der Waals surface area contributed by atoms with Gasteiger partial charge in [0.25, 0.3) is 0 Å². The van der Waals surface area contributed by atoms with Crippen LogP contribution in [0.3, 0.4) is 0 Å². The van der Waals surface area contributed by atoms with Gasteiger partial charge in [-0.25, -0.2) is 4.18 Å². The normalized spacial score (nSPS) is 20.3. The molecule has 0 aliphatic carbocycles. The van der Waals surface area contributed by atoms with Crippen molar-refractivity contribution in [2.45, 2.75) is 320 Å². The zero-order chi connectivity index (χ0) is 49.2. The van der Waals surface area contributed by atoms with Crippen molar-refractivity contribution >= 4 is 16.3 Å². The predicted molar refractivity (Wildman–Crippen MR) is 270 cm³/mol. The molecule has 8 atom stereocenters. The molecule has 1 amide bonds. The molecule has 0 radical (unpaired) electrons. The van der Waals surface area contributed by atoms with Gasteiger partial charge >= 0.3 is 10.4 Å². The van der Waals surface area contributed by atoms with Crippen LogP contribution in [0.5, 0.6) is 0 Å². The molecule has 0 bridgehead atoms. The lowest BCUT2D eigenvalue weighted by molar-refractivity contribution is -0.298. The summed E-state index contributed by atoms with van der Waals surface area (Å²) in [6, 6.07) is -1.03. The number of carbonyl (C=O) groups excluding carboxylic acids is 1. The maximum atomic E-state index is 13.0. The lowest BCUT2D eigenvalue weighted by Gasteiger charge is -2.41. The highest BCUT2D eigenvalue weighted by molar-refractivity contribution is 7.80. The van der Waals surface area contributed by atoms with Gasteiger partial charge in [-0.05, 0) is 12.8 Å². The molecule has 1 fully saturated rings. The van der Waals surface area contributed by atoms with Gasteiger partial charge in [0.2, 0.25) is 5.91 Å². The minimum atomic E-state index is -5.10. The first-order chi connectivity index (χ1) is 32.4. The van der Waals surface area contributed by atoms with Gasteiger partial charge in [-0.3, -0.25) is 9.35 Å². The van der Waals surface area contributed by atoms with E-state index in [1.165, 1.54) is 193 Å². The largest absolute Gasteiger partial charge is 0.397 e. The molecule has 0 saturated carbocycles. The summed E-state index contributed by atoms with van der Waals surface area (Å²) in [5.41, 5.74) is 0. The maximum Gasteiger partial charge on any atom is 0.397 e. The van der Waals surface area contributed by atoms with Crippen molar-refractivity contribution in [2.24, 2.45) is 0 Å². The standard InChI is InChI=1S/C53H105NO12S/c1-3-5-7-9-10-11-12-13-14-15-16-17-18-19-20-21-22-23-24-25-26-27-28-29-30-31-32-33-34-35-36-37-38-40-42-47(57)52(60)54-45(46(56)41-39-8-6-4-2)44-64-53-50(59)51(66-67(61,62)63)49(58)48(43-55)65-53/h45-51,53,55-59H,3-44H2,1-2H3,(H,54,60)(H,61,62,63). The van der Waals surface area contributed by atoms with E-state index in [2.05, 4.69) is 23.3 Å². The molecule has 0 aromatic carbocycles. The molecular weight excluding hydrogens is 875 g/mol. The smallest absolute Gasteiger partial charge is 0.394 e. The fourth-order valence-electron chi connectivity index (χ4n) is 9.35. The van der Waals surface area contributed by atoms with Crippen LogP contribution in [-0.4, -0.2) is 107 Å². The molecule has 14 heteroatoms. The molecule has 7 N–H and O–H groups in total. The van der Waals surface area contributed by atoms with Crippen molar-refractivity contribution in [3.63, 3.8) is 0 Å². The summed E-state index contributed by atoms with van der Waals surface area (Å²) < 4.78 is 47.3. The topological polar surface area (TPSA) is 212 Å². The van der Waals surface area contributed by atoms with E-state index in [-0.39, 0.29) is 6.42 Å². The second kappa shape index (κ2) is 43.8. The molecule has 1 aliphatic rings. The van der Waals surface area contributed by atoms with Gasteiger partial charge in [0.15, 0.2) is 6.29 Å². The van der Waals surface area contributed by atoms with Crippen LogP contribution in [0.4, 0.5) is 0 Å². The number of aliphatic hydroxyl groups excluding tert-OH is 5. The van der Waals surface area contributed by atoms with Crippen LogP contribution >= 0.6 is 0 Å². The third-order valence-electron chi connectivity index (χ3n) is 13.8. The van der Waals surface area contributed by atoms with Crippen molar-refractivity contribution in [3.05, 3.63) is 0 Å². The Labute approximate surface area is 410 Å². The molecule has 13 nitrogen and oxygen atoms in total. The fourth-order valence-corrected chi connectivity index (χ4v) is 9.86. The number of hydrogen-bond acceptors (Lipinski definition) is 11. The molecule has 0 aromatic rings. The van der Waals surface area contributed by atoms with Crippen molar-refractivity contribution in [1.82, 2.24) is 5.32 Å². The molecule has 0 aromatic heterocycles. The van der Waals surface area contributed by atoms with Gasteiger partial charge in [0.1, 0.15) is 30.5 Å². The highest BCUT2D eigenvalue weighted by atomic mass is 32.3. The predicted octanol–water partition coefficient (Wildman–Crippen LogP) is 11.5. The Morgan fingerprint density at radius 2 is 0.866 bits per heavy atom. The first-order valence-electron chi connectivity index (χ1n) is 28.0. The highest BCUT2D eigenvalue weighted by Gasteiger charge is 2.48. The van der Waals surface area contributed by atoms with E-state index in [9.17, 15) is 38.7 Å². The van der Waals surface area contributed by atoms with Crippen LogP contribution in [-0.2, 0) is 28.9 Å². The second-order valence-electron chi connectivity index (χ2n) is 20.0. The van der Waals surface area contributed by atoms with Crippen LogP contribution in [0.15, 0.2) is 0 Å². The van der Waals surface area contributed by atoms with E-state index in [0.717, 1.165) is 38.5 Å². The maximum absolute atomic E-state index is 13.0. The summed E-state index contributed by atoms with van der Waals surface area (Å²) in [6.07, 6.45) is 38.7. The van der Waals surface area contributed by atoms with E-state index in [1.807, 2.05) is 0 Å². The van der Waals surface area contributed by atoms with Gasteiger partial charge in [-0.2, -0.15) is 8.42 Å². The quantitative estimate of drug-likeness (QED) is 0.0224. The highest BCUT2D eigenvalue weighted by Crippen LogP contribution is 2.26. The number of ether oxygens (including phenoxy) is 2. The Morgan fingerprint density at radius 3 is 1.21 bits per heavy atom. The van der Waals surface area contributed by atoms with Gasteiger partial charge in [0, 0.05) is 0 Å². The van der Waals surface area contributed by atoms with Crippen LogP contribution in [0.2, 0.25) is 0 Å². The summed E-state index contributed by atoms with van der Waals surface area (Å²) in [7, 11) is -5.10. The molecule has 8 unspecified atom stereocenters. The number of amides is 1. The molecule has 400 valence electrons. The van der Waals surface area contributed by atoms with Crippen molar-refractivity contribution in [3.8, 4) is 0 Å². The van der Waals surface area contributed by atoms with E-state index in [1.54, 1.807) is 0 Å². The van der Waals surface area contributed by atoms with Crippen molar-refractivity contribution in [1.29, 1.82) is 0 Å². The van der Waals surface area contributed by atoms with Gasteiger partial charge < -0.3 is 40.3 Å². The molecule has 1 aliphatic heterocycles. The van der Waals surface area contributed by atoms with Crippen LogP contribution in [0, 0.1) is 0 Å². The molecule has 1 saturated heterocycles. The summed E-state index contributed by atoms with van der Waals surface area (Å²) in [4.78, 5) is 13.0. The van der Waals surface area contributed by atoms with E-state index in [0.29, 0.717) is 19.3 Å². The number of aliphatic hydroxyl groups is 5. The van der Waals surface area contributed by atoms with E-state index >= 15 is 0 Å². The Balaban J connectivity index is 2.06. The summed E-state index contributed by atoms with van der Waals surface area (Å²) in [5, 5.41) is 54.9. The molecule has 0 spiro atoms. The molecular formula is C53H105NO12S. The zero-order valence-electron chi connectivity index (χ0n) is 42.9. The SMILES string of the molecule is CCCCCCCCCCCCCCCCCCCCCCCCCCCCCCCCCCCCC(O)C(=O)NC(COC1OC(CO)C(O)C(OS(=O)(=O)O)C1O)C(O)CCCCCC. The summed E-state index contributed by atoms with van der Waals surface area (Å²) >= 11 is 0. The minimum Gasteiger partial charge on any atom is -0.394 e. The molecule has 67 heavy (non-hydrogen) atoms. The third-order valence-corrected chi connectivity index (χ3v) is 14.2.